The molecule has 1 heterocycles. The van der Waals surface area contributed by atoms with Crippen molar-refractivity contribution in [3.63, 3.8) is 0 Å². The van der Waals surface area contributed by atoms with Crippen molar-refractivity contribution in [2.75, 3.05) is 13.2 Å². The molecule has 6 rings (SSSR count). The van der Waals surface area contributed by atoms with Crippen molar-refractivity contribution < 1.29 is 38.0 Å². The third-order valence-electron chi connectivity index (χ3n) is 10.7. The Labute approximate surface area is 277 Å². The second-order valence-electron chi connectivity index (χ2n) is 13.7. The van der Waals surface area contributed by atoms with Crippen LogP contribution in [0, 0.1) is 10.8 Å². The van der Waals surface area contributed by atoms with Gasteiger partial charge < -0.3 is 28.4 Å². The van der Waals surface area contributed by atoms with E-state index in [2.05, 4.69) is 0 Å². The lowest BCUT2D eigenvalue weighted by Gasteiger charge is -2.42. The summed E-state index contributed by atoms with van der Waals surface area (Å²) in [6.07, 6.45) is 0.0136. The minimum Gasteiger partial charge on any atom is -0.454 e. The molecule has 3 fully saturated rings. The van der Waals surface area contributed by atoms with E-state index in [9.17, 15) is 9.59 Å². The molecule has 8 nitrogen and oxygen atoms in total. The first-order valence-corrected chi connectivity index (χ1v) is 16.7. The summed E-state index contributed by atoms with van der Waals surface area (Å²) >= 11 is 0. The molecule has 8 heteroatoms. The molecule has 2 saturated carbocycles. The van der Waals surface area contributed by atoms with E-state index in [0.29, 0.717) is 58.7 Å². The van der Waals surface area contributed by atoms with Crippen molar-refractivity contribution in [3.8, 4) is 0 Å². The molecule has 2 bridgehead atoms. The van der Waals surface area contributed by atoms with Crippen LogP contribution in [0.5, 0.6) is 0 Å². The Bertz CT molecular complexity index is 1480. The minimum absolute atomic E-state index is 0.199. The van der Waals surface area contributed by atoms with E-state index >= 15 is 0 Å². The van der Waals surface area contributed by atoms with Gasteiger partial charge in [0.05, 0.1) is 56.8 Å². The van der Waals surface area contributed by atoms with E-state index in [1.807, 2.05) is 112 Å². The number of fused-ring (bicyclic) bond motifs is 2. The summed E-state index contributed by atoms with van der Waals surface area (Å²) in [7, 11) is 0. The molecular formula is C39H46O8. The predicted octanol–water partition coefficient (Wildman–Crippen LogP) is 6.59. The van der Waals surface area contributed by atoms with Crippen molar-refractivity contribution in [1.82, 2.24) is 0 Å². The number of rotatable bonds is 14. The van der Waals surface area contributed by atoms with Gasteiger partial charge in [0.2, 0.25) is 5.60 Å². The molecule has 6 atom stereocenters. The second kappa shape index (κ2) is 14.3. The summed E-state index contributed by atoms with van der Waals surface area (Å²) in [5.41, 5.74) is 0.330. The molecule has 0 spiro atoms. The molecule has 1 aliphatic heterocycles. The van der Waals surface area contributed by atoms with Gasteiger partial charge in [0.25, 0.3) is 0 Å². The predicted molar refractivity (Wildman–Crippen MR) is 175 cm³/mol. The number of hydrogen-bond acceptors (Lipinski definition) is 8. The molecule has 2 aliphatic carbocycles. The van der Waals surface area contributed by atoms with Gasteiger partial charge in [-0.15, -0.1) is 0 Å². The average Bonchev–Trinajstić information content (AvgIpc) is 3.39. The normalized spacial score (nSPS) is 29.4. The van der Waals surface area contributed by atoms with Crippen LogP contribution in [0.15, 0.2) is 91.0 Å². The zero-order valence-electron chi connectivity index (χ0n) is 27.6. The van der Waals surface area contributed by atoms with Gasteiger partial charge in [-0.25, -0.2) is 4.79 Å². The number of hydrogen-bond donors (Lipinski definition) is 0. The monoisotopic (exact) mass is 642 g/mol. The Morgan fingerprint density at radius 3 is 1.77 bits per heavy atom. The molecule has 3 aliphatic rings. The Morgan fingerprint density at radius 2 is 1.23 bits per heavy atom. The summed E-state index contributed by atoms with van der Waals surface area (Å²) in [5, 5.41) is 0. The van der Waals surface area contributed by atoms with E-state index < -0.39 is 40.7 Å². The number of carbonyl (C=O) groups is 2. The molecule has 3 aromatic carbocycles. The maximum absolute atomic E-state index is 14.2. The van der Waals surface area contributed by atoms with Gasteiger partial charge in [0.1, 0.15) is 0 Å². The van der Waals surface area contributed by atoms with Crippen molar-refractivity contribution in [3.05, 3.63) is 108 Å². The average molecular weight is 643 g/mol. The van der Waals surface area contributed by atoms with E-state index in [-0.39, 0.29) is 12.1 Å². The molecule has 0 radical (unpaired) electrons. The molecule has 3 aromatic rings. The fourth-order valence-corrected chi connectivity index (χ4v) is 7.25. The van der Waals surface area contributed by atoms with Gasteiger partial charge in [-0.2, -0.15) is 0 Å². The highest BCUT2D eigenvalue weighted by Gasteiger charge is 2.76. The SMILES string of the molecule is CC1(C)[C@@]2(C)CC[C@]1(C(=O)O[C@H]1[C@H](OCCOCc3ccccc3)C[C@H](OCc3ccccc3)C[C@H]1OCc1ccccc1)OC2=O. The molecule has 0 unspecified atom stereocenters. The van der Waals surface area contributed by atoms with E-state index in [4.69, 9.17) is 28.4 Å². The molecule has 250 valence electrons. The van der Waals surface area contributed by atoms with Crippen molar-refractivity contribution >= 4 is 11.9 Å². The Hall–Kier alpha value is -3.56. The molecule has 1 saturated heterocycles. The first-order valence-electron chi connectivity index (χ1n) is 16.7. The van der Waals surface area contributed by atoms with Crippen LogP contribution < -0.4 is 0 Å². The summed E-state index contributed by atoms with van der Waals surface area (Å²) in [5.74, 6) is -0.878. The first kappa shape index (κ1) is 33.3. The maximum atomic E-state index is 14.2. The highest BCUT2D eigenvalue weighted by molar-refractivity contribution is 5.93. The summed E-state index contributed by atoms with van der Waals surface area (Å²) in [4.78, 5) is 27.2. The van der Waals surface area contributed by atoms with E-state index in [0.717, 1.165) is 16.7 Å². The van der Waals surface area contributed by atoms with Crippen LogP contribution in [0.3, 0.4) is 0 Å². The van der Waals surface area contributed by atoms with Crippen LogP contribution in [0.25, 0.3) is 0 Å². The van der Waals surface area contributed by atoms with Gasteiger partial charge >= 0.3 is 11.9 Å². The van der Waals surface area contributed by atoms with Crippen molar-refractivity contribution in [1.29, 1.82) is 0 Å². The van der Waals surface area contributed by atoms with Gasteiger partial charge in [0, 0.05) is 18.3 Å². The lowest BCUT2D eigenvalue weighted by Crippen LogP contribution is -2.56. The van der Waals surface area contributed by atoms with Crippen LogP contribution in [-0.2, 0) is 57.8 Å². The van der Waals surface area contributed by atoms with Gasteiger partial charge in [-0.1, -0.05) is 105 Å². The lowest BCUT2D eigenvalue weighted by molar-refractivity contribution is -0.217. The number of benzene rings is 3. The fourth-order valence-electron chi connectivity index (χ4n) is 7.25. The number of carbonyl (C=O) groups excluding carboxylic acids is 2. The van der Waals surface area contributed by atoms with Crippen molar-refractivity contribution in [2.24, 2.45) is 10.8 Å². The van der Waals surface area contributed by atoms with Crippen LogP contribution in [0.1, 0.15) is 63.1 Å². The summed E-state index contributed by atoms with van der Waals surface area (Å²) in [6.45, 7) is 7.67. The zero-order chi connectivity index (χ0) is 32.9. The maximum Gasteiger partial charge on any atom is 0.351 e. The standard InChI is InChI=1S/C39H46O8/c1-37(2)38(3)19-20-39(37,47-35(38)40)36(41)46-34-32(43-22-21-42-25-28-13-7-4-8-14-28)23-31(44-26-29-15-9-5-10-16-29)24-33(34)45-27-30-17-11-6-12-18-30/h4-18,31-34H,19-27H2,1-3H3/t31-,32+,33+,34-,38-,39+/m0/s1. The topological polar surface area (TPSA) is 89.5 Å². The summed E-state index contributed by atoms with van der Waals surface area (Å²) < 4.78 is 37.6. The zero-order valence-corrected chi connectivity index (χ0v) is 27.6. The van der Waals surface area contributed by atoms with Gasteiger partial charge in [0.15, 0.2) is 6.10 Å². The van der Waals surface area contributed by atoms with Gasteiger partial charge in [-0.05, 0) is 36.5 Å². The molecular weight excluding hydrogens is 596 g/mol. The first-order chi connectivity index (χ1) is 22.7. The van der Waals surface area contributed by atoms with Crippen molar-refractivity contribution in [2.45, 2.75) is 96.3 Å². The molecule has 0 aromatic heterocycles. The van der Waals surface area contributed by atoms with Gasteiger partial charge in [-0.3, -0.25) is 4.79 Å². The Morgan fingerprint density at radius 1 is 0.702 bits per heavy atom. The second-order valence-corrected chi connectivity index (χ2v) is 13.7. The number of ether oxygens (including phenoxy) is 6. The van der Waals surface area contributed by atoms with Crippen LogP contribution in [-0.4, -0.2) is 55.2 Å². The van der Waals surface area contributed by atoms with E-state index in [1.54, 1.807) is 0 Å². The molecule has 0 amide bonds. The Balaban J connectivity index is 1.21. The van der Waals surface area contributed by atoms with Crippen LogP contribution in [0.4, 0.5) is 0 Å². The highest BCUT2D eigenvalue weighted by Crippen LogP contribution is 2.66. The quantitative estimate of drug-likeness (QED) is 0.144. The molecule has 47 heavy (non-hydrogen) atoms. The van der Waals surface area contributed by atoms with E-state index in [1.165, 1.54) is 0 Å². The fraction of sp³-hybridized carbons (Fsp3) is 0.487. The third-order valence-corrected chi connectivity index (χ3v) is 10.7. The molecule has 0 N–H and O–H groups in total. The minimum atomic E-state index is -1.35. The third kappa shape index (κ3) is 6.88. The largest absolute Gasteiger partial charge is 0.454 e. The Kier molecular flexibility index (Phi) is 10.1. The highest BCUT2D eigenvalue weighted by atomic mass is 16.6. The lowest BCUT2D eigenvalue weighted by atomic mass is 9.66. The number of esters is 2. The van der Waals surface area contributed by atoms with Crippen LogP contribution >= 0.6 is 0 Å². The van der Waals surface area contributed by atoms with Crippen LogP contribution in [0.2, 0.25) is 0 Å². The smallest absolute Gasteiger partial charge is 0.351 e. The summed E-state index contributed by atoms with van der Waals surface area (Å²) in [6, 6.07) is 29.9.